The van der Waals surface area contributed by atoms with Crippen LogP contribution in [0, 0.1) is 17.2 Å². The molecule has 0 spiro atoms. The first kappa shape index (κ1) is 14.7. The molecule has 1 aromatic rings. The molecule has 0 saturated carbocycles. The molecular weight excluding hydrogens is 252 g/mol. The van der Waals surface area contributed by atoms with Crippen molar-refractivity contribution < 1.29 is 9.47 Å². The fourth-order valence-electron chi connectivity index (χ4n) is 2.68. The number of hydrogen-bond acceptors (Lipinski definition) is 4. The average molecular weight is 274 g/mol. The molecule has 1 atom stereocenters. The van der Waals surface area contributed by atoms with Crippen LogP contribution in [-0.2, 0) is 0 Å². The van der Waals surface area contributed by atoms with Crippen LogP contribution >= 0.6 is 0 Å². The van der Waals surface area contributed by atoms with E-state index in [-0.39, 0.29) is 6.04 Å². The highest BCUT2D eigenvalue weighted by atomic mass is 16.5. The molecule has 1 heterocycles. The summed E-state index contributed by atoms with van der Waals surface area (Å²) < 4.78 is 10.6. The summed E-state index contributed by atoms with van der Waals surface area (Å²) in [6.07, 6.45) is 2.30. The van der Waals surface area contributed by atoms with Crippen LogP contribution in [0.5, 0.6) is 11.5 Å². The van der Waals surface area contributed by atoms with Crippen molar-refractivity contribution in [1.82, 2.24) is 4.90 Å². The van der Waals surface area contributed by atoms with Crippen molar-refractivity contribution in [2.45, 2.75) is 25.8 Å². The maximum atomic E-state index is 9.57. The Bertz CT molecular complexity index is 488. The van der Waals surface area contributed by atoms with Crippen LogP contribution in [0.25, 0.3) is 0 Å². The molecule has 1 fully saturated rings. The van der Waals surface area contributed by atoms with E-state index in [1.165, 1.54) is 0 Å². The third-order valence-electron chi connectivity index (χ3n) is 4.04. The van der Waals surface area contributed by atoms with Crippen LogP contribution in [0.15, 0.2) is 18.2 Å². The van der Waals surface area contributed by atoms with Crippen molar-refractivity contribution >= 4 is 0 Å². The number of nitriles is 1. The van der Waals surface area contributed by atoms with Gasteiger partial charge in [-0.25, -0.2) is 0 Å². The largest absolute Gasteiger partial charge is 0.497 e. The quantitative estimate of drug-likeness (QED) is 0.846. The number of ether oxygens (including phenoxy) is 2. The van der Waals surface area contributed by atoms with Crippen molar-refractivity contribution in [2.75, 3.05) is 27.3 Å². The lowest BCUT2D eigenvalue weighted by Gasteiger charge is -2.34. The fourth-order valence-corrected chi connectivity index (χ4v) is 2.68. The van der Waals surface area contributed by atoms with Crippen molar-refractivity contribution in [3.8, 4) is 17.6 Å². The Hall–Kier alpha value is -1.73. The van der Waals surface area contributed by atoms with E-state index in [2.05, 4.69) is 17.9 Å². The molecule has 20 heavy (non-hydrogen) atoms. The van der Waals surface area contributed by atoms with Gasteiger partial charge >= 0.3 is 0 Å². The summed E-state index contributed by atoms with van der Waals surface area (Å²) >= 11 is 0. The van der Waals surface area contributed by atoms with E-state index in [1.807, 2.05) is 18.2 Å². The molecule has 1 aromatic carbocycles. The highest BCUT2D eigenvalue weighted by Gasteiger charge is 2.26. The lowest BCUT2D eigenvalue weighted by molar-refractivity contribution is 0.163. The summed E-state index contributed by atoms with van der Waals surface area (Å²) in [4.78, 5) is 2.24. The van der Waals surface area contributed by atoms with Gasteiger partial charge in [-0.15, -0.1) is 0 Å². The summed E-state index contributed by atoms with van der Waals surface area (Å²) in [6, 6.07) is 7.83. The molecule has 1 aliphatic heterocycles. The van der Waals surface area contributed by atoms with Gasteiger partial charge in [-0.1, -0.05) is 6.92 Å². The maximum absolute atomic E-state index is 9.57. The van der Waals surface area contributed by atoms with E-state index in [4.69, 9.17) is 9.47 Å². The first-order chi connectivity index (χ1) is 9.69. The van der Waals surface area contributed by atoms with E-state index in [0.717, 1.165) is 48.9 Å². The minimum absolute atomic E-state index is 0.247. The summed E-state index contributed by atoms with van der Waals surface area (Å²) in [5.74, 6) is 2.22. The first-order valence-electron chi connectivity index (χ1n) is 7.05. The molecule has 0 aliphatic carbocycles. The van der Waals surface area contributed by atoms with Crippen LogP contribution in [0.4, 0.5) is 0 Å². The van der Waals surface area contributed by atoms with E-state index >= 15 is 0 Å². The third-order valence-corrected chi connectivity index (χ3v) is 4.04. The predicted octanol–water partition coefficient (Wildman–Crippen LogP) is 3.00. The highest BCUT2D eigenvalue weighted by molar-refractivity contribution is 5.44. The summed E-state index contributed by atoms with van der Waals surface area (Å²) in [7, 11) is 3.26. The van der Waals surface area contributed by atoms with Gasteiger partial charge in [0.1, 0.15) is 17.5 Å². The molecule has 0 aromatic heterocycles. The van der Waals surface area contributed by atoms with Gasteiger partial charge in [-0.05, 0) is 44.0 Å². The maximum Gasteiger partial charge on any atom is 0.128 e. The number of benzene rings is 1. The molecule has 108 valence electrons. The zero-order valence-corrected chi connectivity index (χ0v) is 12.4. The van der Waals surface area contributed by atoms with Crippen LogP contribution in [0.2, 0.25) is 0 Å². The minimum Gasteiger partial charge on any atom is -0.497 e. The van der Waals surface area contributed by atoms with Crippen molar-refractivity contribution in [3.05, 3.63) is 23.8 Å². The molecular formula is C16H22N2O2. The molecule has 4 nitrogen and oxygen atoms in total. The second-order valence-corrected chi connectivity index (χ2v) is 5.36. The van der Waals surface area contributed by atoms with Gasteiger partial charge in [-0.2, -0.15) is 5.26 Å². The Balaban J connectivity index is 2.25. The number of nitrogens with zero attached hydrogens (tertiary/aromatic N) is 2. The van der Waals surface area contributed by atoms with Gasteiger partial charge in [0.2, 0.25) is 0 Å². The average Bonchev–Trinajstić information content (AvgIpc) is 2.50. The zero-order chi connectivity index (χ0) is 14.5. The number of methoxy groups -OCH3 is 2. The Morgan fingerprint density at radius 2 is 1.95 bits per heavy atom. The zero-order valence-electron chi connectivity index (χ0n) is 12.4. The Morgan fingerprint density at radius 3 is 2.50 bits per heavy atom. The van der Waals surface area contributed by atoms with E-state index in [1.54, 1.807) is 14.2 Å². The second-order valence-electron chi connectivity index (χ2n) is 5.36. The number of rotatable bonds is 4. The van der Waals surface area contributed by atoms with Crippen molar-refractivity contribution in [1.29, 1.82) is 5.26 Å². The van der Waals surface area contributed by atoms with Gasteiger partial charge in [0, 0.05) is 11.6 Å². The molecule has 0 amide bonds. The third kappa shape index (κ3) is 3.05. The Morgan fingerprint density at radius 1 is 1.25 bits per heavy atom. The summed E-state index contributed by atoms with van der Waals surface area (Å²) in [5, 5.41) is 9.57. The van der Waals surface area contributed by atoms with Crippen molar-refractivity contribution in [2.24, 2.45) is 5.92 Å². The summed E-state index contributed by atoms with van der Waals surface area (Å²) in [5.41, 5.74) is 0.922. The van der Waals surface area contributed by atoms with Crippen LogP contribution < -0.4 is 9.47 Å². The smallest absolute Gasteiger partial charge is 0.128 e. The van der Waals surface area contributed by atoms with E-state index in [0.29, 0.717) is 0 Å². The second kappa shape index (κ2) is 6.62. The first-order valence-corrected chi connectivity index (χ1v) is 7.05. The monoisotopic (exact) mass is 274 g/mol. The number of likely N-dealkylation sites (tertiary alicyclic amines) is 1. The van der Waals surface area contributed by atoms with Gasteiger partial charge < -0.3 is 9.47 Å². The molecule has 0 N–H and O–H groups in total. The van der Waals surface area contributed by atoms with Crippen molar-refractivity contribution in [3.63, 3.8) is 0 Å². The number of hydrogen-bond donors (Lipinski definition) is 0. The predicted molar refractivity (Wildman–Crippen MR) is 77.9 cm³/mol. The Labute approximate surface area is 120 Å². The minimum atomic E-state index is -0.247. The van der Waals surface area contributed by atoms with E-state index < -0.39 is 0 Å². The lowest BCUT2D eigenvalue weighted by atomic mass is 9.96. The van der Waals surface area contributed by atoms with E-state index in [9.17, 15) is 5.26 Å². The van der Waals surface area contributed by atoms with Crippen LogP contribution in [-0.4, -0.2) is 32.2 Å². The SMILES string of the molecule is COc1ccc(C(C#N)N2CCC(C)CC2)c(OC)c1. The van der Waals surface area contributed by atoms with Crippen LogP contribution in [0.3, 0.4) is 0 Å². The number of piperidine rings is 1. The molecule has 0 bridgehead atoms. The van der Waals surface area contributed by atoms with Gasteiger partial charge in [0.25, 0.3) is 0 Å². The molecule has 1 unspecified atom stereocenters. The molecule has 1 aliphatic rings. The molecule has 1 saturated heterocycles. The fraction of sp³-hybridized carbons (Fsp3) is 0.562. The van der Waals surface area contributed by atoms with Gasteiger partial charge in [0.05, 0.1) is 20.3 Å². The molecule has 4 heteroatoms. The standard InChI is InChI=1S/C16H22N2O2/c1-12-6-8-18(9-7-12)15(11-17)14-5-4-13(19-2)10-16(14)20-3/h4-5,10,12,15H,6-9H2,1-3H3. The topological polar surface area (TPSA) is 45.5 Å². The molecule has 2 rings (SSSR count). The van der Waals surface area contributed by atoms with Gasteiger partial charge in [-0.3, -0.25) is 4.90 Å². The molecule has 0 radical (unpaired) electrons. The normalized spacial score (nSPS) is 18.3. The van der Waals surface area contributed by atoms with Crippen LogP contribution in [0.1, 0.15) is 31.4 Å². The lowest BCUT2D eigenvalue weighted by Crippen LogP contribution is -2.35. The Kier molecular flexibility index (Phi) is 4.86. The summed E-state index contributed by atoms with van der Waals surface area (Å²) in [6.45, 7) is 4.20. The highest BCUT2D eigenvalue weighted by Crippen LogP contribution is 2.34. The van der Waals surface area contributed by atoms with Gasteiger partial charge in [0.15, 0.2) is 0 Å².